The van der Waals surface area contributed by atoms with E-state index in [0.717, 1.165) is 6.08 Å². The number of hydrogen-bond acceptors (Lipinski definition) is 4. The minimum atomic E-state index is -4.93. The van der Waals surface area contributed by atoms with Crippen LogP contribution in [0.15, 0.2) is 42.0 Å². The van der Waals surface area contributed by atoms with Crippen LogP contribution in [0.5, 0.6) is 17.2 Å². The predicted octanol–water partition coefficient (Wildman–Crippen LogP) is 1.25. The van der Waals surface area contributed by atoms with Gasteiger partial charge in [-0.25, -0.2) is 0 Å². The van der Waals surface area contributed by atoms with Crippen LogP contribution in [0, 0.1) is 0 Å². The van der Waals surface area contributed by atoms with E-state index in [1.165, 1.54) is 18.2 Å². The van der Waals surface area contributed by atoms with Gasteiger partial charge in [-0.2, -0.15) is 13.2 Å². The van der Waals surface area contributed by atoms with Crippen molar-refractivity contribution in [2.24, 2.45) is 0 Å². The first kappa shape index (κ1) is 21.9. The fraction of sp³-hybridized carbons (Fsp3) is 0.118. The summed E-state index contributed by atoms with van der Waals surface area (Å²) >= 11 is 11.9. The van der Waals surface area contributed by atoms with Crippen LogP contribution in [0.4, 0.5) is 13.2 Å². The van der Waals surface area contributed by atoms with E-state index in [1.807, 2.05) is 0 Å². The first-order valence-electron chi connectivity index (χ1n) is 7.09. The van der Waals surface area contributed by atoms with E-state index in [1.54, 1.807) is 18.2 Å². The number of carbonyl (C=O) groups is 1. The van der Waals surface area contributed by atoms with E-state index in [-0.39, 0.29) is 57.4 Å². The largest absolute Gasteiger partial charge is 1.00 e. The molecule has 1 aliphatic heterocycles. The third kappa shape index (κ3) is 4.73. The van der Waals surface area contributed by atoms with Gasteiger partial charge in [-0.05, 0) is 36.4 Å². The minimum Gasteiger partial charge on any atom is -0.545 e. The molecule has 27 heavy (non-hydrogen) atoms. The fourth-order valence-corrected chi connectivity index (χ4v) is 2.76. The van der Waals surface area contributed by atoms with Gasteiger partial charge in [0.1, 0.15) is 11.5 Å². The van der Waals surface area contributed by atoms with Crippen molar-refractivity contribution in [3.63, 3.8) is 0 Å². The van der Waals surface area contributed by atoms with Gasteiger partial charge in [0.05, 0.1) is 16.6 Å². The Kier molecular flexibility index (Phi) is 6.76. The molecule has 136 valence electrons. The number of carboxylic acid groups (broad SMARTS) is 1. The van der Waals surface area contributed by atoms with Crippen LogP contribution in [-0.2, 0) is 4.79 Å². The van der Waals surface area contributed by atoms with Crippen LogP contribution >= 0.6 is 23.2 Å². The Bertz CT molecular complexity index is 916. The summed E-state index contributed by atoms with van der Waals surface area (Å²) in [6, 6.07) is 8.69. The Labute approximate surface area is 183 Å². The second kappa shape index (κ2) is 8.32. The molecule has 0 radical (unpaired) electrons. The summed E-state index contributed by atoms with van der Waals surface area (Å²) in [5.41, 5.74) is -1.12. The Hall–Kier alpha value is -1.38. The maximum atomic E-state index is 13.1. The summed E-state index contributed by atoms with van der Waals surface area (Å²) in [5.74, 6) is -2.04. The molecule has 10 heteroatoms. The van der Waals surface area contributed by atoms with Gasteiger partial charge in [-0.3, -0.25) is 0 Å². The zero-order valence-electron chi connectivity index (χ0n) is 13.6. The molecule has 0 fully saturated rings. The van der Waals surface area contributed by atoms with Crippen LogP contribution in [0.25, 0.3) is 6.08 Å². The average molecular weight is 427 g/mol. The molecule has 0 amide bonds. The van der Waals surface area contributed by atoms with Crippen LogP contribution in [0.1, 0.15) is 5.56 Å². The molecule has 1 unspecified atom stereocenters. The number of hydrogen-bond donors (Lipinski definition) is 0. The van der Waals surface area contributed by atoms with Crippen molar-refractivity contribution >= 4 is 35.2 Å². The SMILES string of the molecule is O=C([O-])C1=Cc2c(ccc(Cl)c2Oc2cccc(Cl)c2)OC1C(F)(F)F.[Na+]. The predicted molar refractivity (Wildman–Crippen MR) is 86.4 cm³/mol. The molecule has 2 aromatic carbocycles. The molecule has 0 aliphatic carbocycles. The molecule has 1 aliphatic rings. The molecule has 3 rings (SSSR count). The van der Waals surface area contributed by atoms with Crippen molar-refractivity contribution in [1.29, 1.82) is 0 Å². The second-order valence-corrected chi connectivity index (χ2v) is 6.12. The smallest absolute Gasteiger partial charge is 0.545 e. The van der Waals surface area contributed by atoms with Crippen LogP contribution in [0.3, 0.4) is 0 Å². The van der Waals surface area contributed by atoms with Gasteiger partial charge in [0.25, 0.3) is 0 Å². The molecule has 1 atom stereocenters. The summed E-state index contributed by atoms with van der Waals surface area (Å²) in [6.07, 6.45) is -6.80. The minimum absolute atomic E-state index is 0. The molecule has 2 aromatic rings. The standard InChI is InChI=1S/C17H9Cl2F3O4.Na/c18-8-2-1-3-9(6-8)25-14-10-7-11(16(23)24)15(17(20,21)22)26-13(10)5-4-12(14)19;/h1-7,15H,(H,23,24);/q;+1/p-1. The Morgan fingerprint density at radius 3 is 2.48 bits per heavy atom. The maximum absolute atomic E-state index is 13.1. The summed E-state index contributed by atoms with van der Waals surface area (Å²) in [4.78, 5) is 11.2. The molecule has 0 aromatic heterocycles. The fourth-order valence-electron chi connectivity index (χ4n) is 2.38. The van der Waals surface area contributed by atoms with Gasteiger partial charge in [0.2, 0.25) is 6.10 Å². The van der Waals surface area contributed by atoms with Gasteiger partial charge >= 0.3 is 35.7 Å². The number of benzene rings is 2. The Morgan fingerprint density at radius 1 is 1.19 bits per heavy atom. The van der Waals surface area contributed by atoms with E-state index in [2.05, 4.69) is 0 Å². The number of carboxylic acids is 1. The first-order valence-corrected chi connectivity index (χ1v) is 7.84. The number of rotatable bonds is 3. The quantitative estimate of drug-likeness (QED) is 0.693. The monoisotopic (exact) mass is 426 g/mol. The van der Waals surface area contributed by atoms with Gasteiger partial charge in [0.15, 0.2) is 5.75 Å². The van der Waals surface area contributed by atoms with Crippen molar-refractivity contribution < 1.29 is 62.1 Å². The Balaban J connectivity index is 0.00000261. The normalized spacial score (nSPS) is 15.7. The molecule has 0 saturated heterocycles. The molecule has 0 spiro atoms. The summed E-state index contributed by atoms with van der Waals surface area (Å²) in [5, 5.41) is 11.6. The average Bonchev–Trinajstić information content (AvgIpc) is 2.55. The van der Waals surface area contributed by atoms with Crippen molar-refractivity contribution in [1.82, 2.24) is 0 Å². The number of alkyl halides is 3. The van der Waals surface area contributed by atoms with E-state index in [0.29, 0.717) is 5.02 Å². The van der Waals surface area contributed by atoms with Gasteiger partial charge < -0.3 is 19.4 Å². The number of fused-ring (bicyclic) bond motifs is 1. The molecule has 4 nitrogen and oxygen atoms in total. The summed E-state index contributed by atoms with van der Waals surface area (Å²) < 4.78 is 49.7. The third-order valence-corrected chi connectivity index (χ3v) is 4.02. The maximum Gasteiger partial charge on any atom is 1.00 e. The first-order chi connectivity index (χ1) is 12.2. The second-order valence-electron chi connectivity index (χ2n) is 5.27. The van der Waals surface area contributed by atoms with Gasteiger partial charge in [0, 0.05) is 10.6 Å². The molecule has 0 saturated carbocycles. The number of carbonyl (C=O) groups excluding carboxylic acids is 1. The topological polar surface area (TPSA) is 58.6 Å². The van der Waals surface area contributed by atoms with Crippen molar-refractivity contribution in [2.75, 3.05) is 0 Å². The molecular weight excluding hydrogens is 419 g/mol. The third-order valence-electron chi connectivity index (χ3n) is 3.48. The number of aliphatic carboxylic acids is 1. The van der Waals surface area contributed by atoms with Crippen LogP contribution in [0.2, 0.25) is 10.0 Å². The van der Waals surface area contributed by atoms with E-state index >= 15 is 0 Å². The zero-order valence-corrected chi connectivity index (χ0v) is 17.2. The summed E-state index contributed by atoms with van der Waals surface area (Å²) in [7, 11) is 0. The van der Waals surface area contributed by atoms with E-state index in [4.69, 9.17) is 32.7 Å². The van der Waals surface area contributed by atoms with Gasteiger partial charge in [-0.15, -0.1) is 0 Å². The van der Waals surface area contributed by atoms with Crippen molar-refractivity contribution in [3.8, 4) is 17.2 Å². The van der Waals surface area contributed by atoms with Gasteiger partial charge in [-0.1, -0.05) is 29.3 Å². The number of halogens is 5. The van der Waals surface area contributed by atoms with Crippen molar-refractivity contribution in [2.45, 2.75) is 12.3 Å². The van der Waals surface area contributed by atoms with Crippen LogP contribution < -0.4 is 44.1 Å². The molecule has 1 heterocycles. The molecule has 0 N–H and O–H groups in total. The zero-order chi connectivity index (χ0) is 19.1. The van der Waals surface area contributed by atoms with Crippen LogP contribution in [-0.4, -0.2) is 18.2 Å². The Morgan fingerprint density at radius 2 is 1.89 bits per heavy atom. The molecular formula is C17H8Cl2F3NaO4. The van der Waals surface area contributed by atoms with Crippen molar-refractivity contribution in [3.05, 3.63) is 57.6 Å². The summed E-state index contributed by atoms with van der Waals surface area (Å²) in [6.45, 7) is 0. The molecule has 0 bridgehead atoms. The van der Waals surface area contributed by atoms with E-state index in [9.17, 15) is 23.1 Å². The van der Waals surface area contributed by atoms with E-state index < -0.39 is 23.8 Å². The number of ether oxygens (including phenoxy) is 2.